The van der Waals surface area contributed by atoms with Crippen molar-refractivity contribution in [1.29, 1.82) is 0 Å². The maximum atomic E-state index is 13.8. The van der Waals surface area contributed by atoms with Gasteiger partial charge in [-0.2, -0.15) is 0 Å². The molecule has 1 unspecified atom stereocenters. The SMILES string of the molecule is CC1=C(C(=O)OC(C)C)C(c2ccccc2Cl)n2c(sc(=Cc3ccc(OCC(=O)Nc4ccc(C)cc4)cc3)c2=O)=N1. The Balaban J connectivity index is 1.41. The van der Waals surface area contributed by atoms with Crippen LogP contribution < -0.4 is 24.9 Å². The number of thiazole rings is 1. The number of anilines is 1. The molecule has 43 heavy (non-hydrogen) atoms. The van der Waals surface area contributed by atoms with Crippen molar-refractivity contribution in [3.05, 3.63) is 125 Å². The Bertz CT molecular complexity index is 1890. The van der Waals surface area contributed by atoms with E-state index in [0.717, 1.165) is 11.1 Å². The summed E-state index contributed by atoms with van der Waals surface area (Å²) in [5.41, 5.74) is 3.61. The highest BCUT2D eigenvalue weighted by Gasteiger charge is 2.34. The highest BCUT2D eigenvalue weighted by Crippen LogP contribution is 2.34. The van der Waals surface area contributed by atoms with Gasteiger partial charge >= 0.3 is 5.97 Å². The Hall–Kier alpha value is -4.47. The van der Waals surface area contributed by atoms with Crippen LogP contribution in [0.2, 0.25) is 5.02 Å². The zero-order valence-corrected chi connectivity index (χ0v) is 25.7. The molecule has 0 fully saturated rings. The lowest BCUT2D eigenvalue weighted by molar-refractivity contribution is -0.143. The normalized spacial score (nSPS) is 14.7. The molecule has 220 valence electrons. The Morgan fingerprint density at radius 2 is 1.74 bits per heavy atom. The largest absolute Gasteiger partial charge is 0.484 e. The topological polar surface area (TPSA) is 99.0 Å². The van der Waals surface area contributed by atoms with Gasteiger partial charge in [-0.25, -0.2) is 9.79 Å². The maximum absolute atomic E-state index is 13.8. The molecule has 0 saturated carbocycles. The smallest absolute Gasteiger partial charge is 0.338 e. The fourth-order valence-electron chi connectivity index (χ4n) is 4.65. The van der Waals surface area contributed by atoms with E-state index in [1.165, 1.54) is 15.9 Å². The minimum absolute atomic E-state index is 0.144. The summed E-state index contributed by atoms with van der Waals surface area (Å²) < 4.78 is 13.1. The van der Waals surface area contributed by atoms with Crippen molar-refractivity contribution >= 4 is 46.6 Å². The summed E-state index contributed by atoms with van der Waals surface area (Å²) in [6.07, 6.45) is 1.41. The van der Waals surface area contributed by atoms with Gasteiger partial charge in [0.2, 0.25) is 0 Å². The molecule has 1 aliphatic rings. The number of allylic oxidation sites excluding steroid dienone is 1. The molecule has 1 atom stereocenters. The molecule has 1 N–H and O–H groups in total. The van der Waals surface area contributed by atoms with Gasteiger partial charge in [0, 0.05) is 10.7 Å². The first-order chi connectivity index (χ1) is 20.6. The van der Waals surface area contributed by atoms with E-state index in [0.29, 0.717) is 37.1 Å². The second-order valence-corrected chi connectivity index (χ2v) is 11.7. The van der Waals surface area contributed by atoms with Crippen molar-refractivity contribution in [3.63, 3.8) is 0 Å². The van der Waals surface area contributed by atoms with Gasteiger partial charge in [0.25, 0.3) is 11.5 Å². The van der Waals surface area contributed by atoms with E-state index in [2.05, 4.69) is 10.3 Å². The Kier molecular flexibility index (Phi) is 8.94. The number of carbonyl (C=O) groups excluding carboxylic acids is 2. The first-order valence-corrected chi connectivity index (χ1v) is 14.9. The first-order valence-electron chi connectivity index (χ1n) is 13.7. The number of hydrogen-bond donors (Lipinski definition) is 1. The number of ether oxygens (including phenoxy) is 2. The van der Waals surface area contributed by atoms with Crippen LogP contribution in [0.1, 0.15) is 43.5 Å². The molecule has 0 spiro atoms. The summed E-state index contributed by atoms with van der Waals surface area (Å²) >= 11 is 7.81. The van der Waals surface area contributed by atoms with Crippen LogP contribution in [0.3, 0.4) is 0 Å². The summed E-state index contributed by atoms with van der Waals surface area (Å²) in [5.74, 6) is -0.298. The van der Waals surface area contributed by atoms with Crippen LogP contribution in [-0.4, -0.2) is 29.2 Å². The van der Waals surface area contributed by atoms with E-state index in [1.807, 2.05) is 37.3 Å². The molecule has 0 bridgehead atoms. The summed E-state index contributed by atoms with van der Waals surface area (Å²) in [6, 6.07) is 20.9. The Morgan fingerprint density at radius 1 is 1.05 bits per heavy atom. The van der Waals surface area contributed by atoms with Crippen molar-refractivity contribution < 1.29 is 19.1 Å². The number of aromatic nitrogens is 1. The molecule has 1 aromatic heterocycles. The third kappa shape index (κ3) is 6.79. The van der Waals surface area contributed by atoms with Gasteiger partial charge in [0.15, 0.2) is 11.4 Å². The van der Waals surface area contributed by atoms with Gasteiger partial charge in [-0.1, -0.05) is 71.0 Å². The number of carbonyl (C=O) groups is 2. The molecule has 0 aliphatic carbocycles. The monoisotopic (exact) mass is 615 g/mol. The number of amides is 1. The number of benzene rings is 3. The maximum Gasteiger partial charge on any atom is 0.338 e. The van der Waals surface area contributed by atoms with Gasteiger partial charge in [0.1, 0.15) is 11.8 Å². The van der Waals surface area contributed by atoms with Crippen LogP contribution in [0.25, 0.3) is 6.08 Å². The number of nitrogens with one attached hydrogen (secondary N) is 1. The molecule has 0 saturated heterocycles. The Morgan fingerprint density at radius 3 is 2.42 bits per heavy atom. The number of nitrogens with zero attached hydrogens (tertiary/aromatic N) is 2. The van der Waals surface area contributed by atoms with Crippen LogP contribution in [0.4, 0.5) is 5.69 Å². The first kappa shape index (κ1) is 30.0. The quantitative estimate of drug-likeness (QED) is 0.276. The molecule has 4 aromatic rings. The van der Waals surface area contributed by atoms with Crippen molar-refractivity contribution in [3.8, 4) is 5.75 Å². The van der Waals surface area contributed by atoms with Crippen molar-refractivity contribution in [2.24, 2.45) is 4.99 Å². The Labute approximate surface area is 257 Å². The molecule has 1 amide bonds. The van der Waals surface area contributed by atoms with Crippen LogP contribution in [0.15, 0.2) is 93.9 Å². The summed E-state index contributed by atoms with van der Waals surface area (Å²) in [6.45, 7) is 7.10. The minimum atomic E-state index is -0.791. The average Bonchev–Trinajstić information content (AvgIpc) is 3.27. The van der Waals surface area contributed by atoms with Crippen molar-refractivity contribution in [1.82, 2.24) is 4.57 Å². The van der Waals surface area contributed by atoms with Crippen LogP contribution in [-0.2, 0) is 14.3 Å². The van der Waals surface area contributed by atoms with E-state index in [1.54, 1.807) is 69.3 Å². The van der Waals surface area contributed by atoms with Crippen molar-refractivity contribution in [2.75, 3.05) is 11.9 Å². The average molecular weight is 616 g/mol. The molecule has 1 aliphatic heterocycles. The van der Waals surface area contributed by atoms with Crippen molar-refractivity contribution in [2.45, 2.75) is 39.8 Å². The molecule has 3 aromatic carbocycles. The third-order valence-electron chi connectivity index (χ3n) is 6.67. The van der Waals surface area contributed by atoms with E-state index in [4.69, 9.17) is 21.1 Å². The second kappa shape index (κ2) is 12.8. The van der Waals surface area contributed by atoms with E-state index < -0.39 is 12.0 Å². The van der Waals surface area contributed by atoms with Crippen LogP contribution in [0, 0.1) is 6.92 Å². The molecular formula is C33H30ClN3O5S. The molecule has 8 nitrogen and oxygen atoms in total. The zero-order valence-electron chi connectivity index (χ0n) is 24.1. The molecule has 2 heterocycles. The number of fused-ring (bicyclic) bond motifs is 1. The number of rotatable bonds is 8. The summed E-state index contributed by atoms with van der Waals surface area (Å²) in [5, 5.41) is 3.22. The third-order valence-corrected chi connectivity index (χ3v) is 7.99. The van der Waals surface area contributed by atoms with Gasteiger partial charge in [0.05, 0.1) is 21.9 Å². The number of esters is 1. The highest BCUT2D eigenvalue weighted by atomic mass is 35.5. The minimum Gasteiger partial charge on any atom is -0.484 e. The zero-order chi connectivity index (χ0) is 30.7. The molecule has 5 rings (SSSR count). The van der Waals surface area contributed by atoms with E-state index in [9.17, 15) is 14.4 Å². The predicted molar refractivity (Wildman–Crippen MR) is 168 cm³/mol. The lowest BCUT2D eigenvalue weighted by Gasteiger charge is -2.26. The van der Waals surface area contributed by atoms with Crippen LogP contribution in [0.5, 0.6) is 5.75 Å². The van der Waals surface area contributed by atoms with Gasteiger partial charge in [-0.05, 0) is 75.2 Å². The predicted octanol–water partition coefficient (Wildman–Crippen LogP) is 5.17. The number of aryl methyl sites for hydroxylation is 1. The summed E-state index contributed by atoms with van der Waals surface area (Å²) in [7, 11) is 0. The number of hydrogen-bond acceptors (Lipinski definition) is 7. The van der Waals surface area contributed by atoms with Crippen LogP contribution >= 0.6 is 22.9 Å². The summed E-state index contributed by atoms with van der Waals surface area (Å²) in [4.78, 5) is 44.4. The van der Waals surface area contributed by atoms with Gasteiger partial charge < -0.3 is 14.8 Å². The van der Waals surface area contributed by atoms with E-state index >= 15 is 0 Å². The number of halogens is 1. The lowest BCUT2D eigenvalue weighted by atomic mass is 9.96. The van der Waals surface area contributed by atoms with E-state index in [-0.39, 0.29) is 29.8 Å². The molecule has 0 radical (unpaired) electrons. The molecular weight excluding hydrogens is 586 g/mol. The highest BCUT2D eigenvalue weighted by molar-refractivity contribution is 7.07. The second-order valence-electron chi connectivity index (χ2n) is 10.3. The standard InChI is InChI=1S/C33H30ClN3O5S/c1-19(2)42-32(40)29-21(4)35-33-37(30(29)25-7-5-6-8-26(25)34)31(39)27(43-33)17-22-11-15-24(16-12-22)41-18-28(38)36-23-13-9-20(3)10-14-23/h5-17,19,30H,18H2,1-4H3,(H,36,38). The van der Waals surface area contributed by atoms with Gasteiger partial charge in [-0.15, -0.1) is 0 Å². The molecule has 10 heteroatoms. The lowest BCUT2D eigenvalue weighted by Crippen LogP contribution is -2.40. The van der Waals surface area contributed by atoms with Gasteiger partial charge in [-0.3, -0.25) is 14.2 Å². The fraction of sp³-hybridized carbons (Fsp3) is 0.212. The fourth-order valence-corrected chi connectivity index (χ4v) is 5.93.